The van der Waals surface area contributed by atoms with Crippen molar-refractivity contribution in [1.29, 1.82) is 0 Å². The molecule has 0 saturated heterocycles. The number of allylic oxidation sites excluding steroid dienone is 1. The molecule has 1 aromatic heterocycles. The highest BCUT2D eigenvalue weighted by atomic mass is 32.2. The summed E-state index contributed by atoms with van der Waals surface area (Å²) in [5, 5.41) is 26.6. The van der Waals surface area contributed by atoms with Gasteiger partial charge in [-0.1, -0.05) is 54.2 Å². The summed E-state index contributed by atoms with van der Waals surface area (Å²) in [6.07, 6.45) is 1.66. The number of carbonyl (C=O) groups excluding carboxylic acids is 2. The number of nitrogens with zero attached hydrogens (tertiary/aromatic N) is 3. The van der Waals surface area contributed by atoms with E-state index >= 15 is 0 Å². The summed E-state index contributed by atoms with van der Waals surface area (Å²) < 4.78 is 6.84. The lowest BCUT2D eigenvalue weighted by Crippen LogP contribution is -2.33. The van der Waals surface area contributed by atoms with E-state index in [2.05, 4.69) is 27.4 Å². The third kappa shape index (κ3) is 6.16. The molecule has 0 fully saturated rings. The van der Waals surface area contributed by atoms with Gasteiger partial charge in [0, 0.05) is 23.2 Å². The minimum atomic E-state index is -0.805. The molecule has 0 unspecified atom stereocenters. The molecule has 37 heavy (non-hydrogen) atoms. The van der Waals surface area contributed by atoms with E-state index in [4.69, 9.17) is 4.74 Å². The van der Waals surface area contributed by atoms with Gasteiger partial charge in [-0.15, -0.1) is 16.8 Å². The van der Waals surface area contributed by atoms with Crippen LogP contribution in [0.4, 0.5) is 5.69 Å². The lowest BCUT2D eigenvalue weighted by Gasteiger charge is -2.17. The number of rotatable bonds is 11. The fourth-order valence-electron chi connectivity index (χ4n) is 3.79. The third-order valence-electron chi connectivity index (χ3n) is 5.60. The van der Waals surface area contributed by atoms with E-state index < -0.39 is 6.04 Å². The Hall–Kier alpha value is -4.15. The number of carbonyl (C=O) groups is 2. The van der Waals surface area contributed by atoms with Crippen molar-refractivity contribution >= 4 is 40.0 Å². The van der Waals surface area contributed by atoms with Gasteiger partial charge < -0.3 is 25.0 Å². The molecule has 0 saturated carbocycles. The standard InChI is InChI=1S/C27H27N5O4S/c1-3-15-32-25(23(16-33)29-26(35)19-11-13-20(36-2)14-12-19)30-31-27(32)37-17-24(34)28-22-10-6-8-18-7-4-5-9-21(18)22/h3-14,23,33H,1,15-17H2,2H3,(H,28,34)(H,29,35)/t23-/m0/s1. The monoisotopic (exact) mass is 517 g/mol. The van der Waals surface area contributed by atoms with Gasteiger partial charge in [-0.3, -0.25) is 9.59 Å². The number of hydrogen-bond donors (Lipinski definition) is 3. The van der Waals surface area contributed by atoms with Crippen LogP contribution in [0.25, 0.3) is 10.8 Å². The molecule has 2 amide bonds. The minimum Gasteiger partial charge on any atom is -0.497 e. The van der Waals surface area contributed by atoms with Crippen molar-refractivity contribution in [3.05, 3.63) is 90.8 Å². The predicted molar refractivity (Wildman–Crippen MR) is 144 cm³/mol. The van der Waals surface area contributed by atoms with Gasteiger partial charge in [0.1, 0.15) is 11.8 Å². The summed E-state index contributed by atoms with van der Waals surface area (Å²) in [4.78, 5) is 25.5. The van der Waals surface area contributed by atoms with Crippen molar-refractivity contribution in [3.63, 3.8) is 0 Å². The number of anilines is 1. The molecule has 3 N–H and O–H groups in total. The van der Waals surface area contributed by atoms with Gasteiger partial charge in [-0.25, -0.2) is 0 Å². The average Bonchev–Trinajstić information content (AvgIpc) is 3.33. The fraction of sp³-hybridized carbons (Fsp3) is 0.185. The van der Waals surface area contributed by atoms with E-state index in [9.17, 15) is 14.7 Å². The molecule has 4 aromatic rings. The second-order valence-corrected chi connectivity index (χ2v) is 8.98. The number of methoxy groups -OCH3 is 1. The van der Waals surface area contributed by atoms with Gasteiger partial charge in [0.05, 0.1) is 19.5 Å². The SMILES string of the molecule is C=CCn1c(SCC(=O)Nc2cccc3ccccc23)nnc1[C@H](CO)NC(=O)c1ccc(OC)cc1. The number of aliphatic hydroxyl groups excluding tert-OH is 1. The molecular formula is C27H27N5O4S. The zero-order valence-corrected chi connectivity index (χ0v) is 21.1. The van der Waals surface area contributed by atoms with Crippen LogP contribution < -0.4 is 15.4 Å². The van der Waals surface area contributed by atoms with E-state index in [1.54, 1.807) is 42.0 Å². The lowest BCUT2D eigenvalue weighted by atomic mass is 10.1. The Balaban J connectivity index is 1.45. The molecule has 0 spiro atoms. The highest BCUT2D eigenvalue weighted by molar-refractivity contribution is 7.99. The maximum absolute atomic E-state index is 12.7. The molecule has 3 aromatic carbocycles. The number of ether oxygens (including phenoxy) is 1. The molecule has 9 nitrogen and oxygen atoms in total. The fourth-order valence-corrected chi connectivity index (χ4v) is 4.55. The Morgan fingerprint density at radius 1 is 1.11 bits per heavy atom. The molecule has 0 aliphatic rings. The number of aromatic nitrogens is 3. The molecule has 0 aliphatic heterocycles. The second-order valence-electron chi connectivity index (χ2n) is 8.04. The molecule has 0 bridgehead atoms. The molecule has 10 heteroatoms. The first-order valence-corrected chi connectivity index (χ1v) is 12.5. The van der Waals surface area contributed by atoms with Gasteiger partial charge >= 0.3 is 0 Å². The maximum atomic E-state index is 12.7. The average molecular weight is 518 g/mol. The summed E-state index contributed by atoms with van der Waals surface area (Å²) in [7, 11) is 1.55. The van der Waals surface area contributed by atoms with E-state index in [0.29, 0.717) is 28.8 Å². The largest absolute Gasteiger partial charge is 0.497 e. The Kier molecular flexibility index (Phi) is 8.55. The zero-order chi connectivity index (χ0) is 26.2. The molecule has 4 rings (SSSR count). The number of aliphatic hydroxyl groups is 1. The van der Waals surface area contributed by atoms with Crippen LogP contribution in [0.3, 0.4) is 0 Å². The summed E-state index contributed by atoms with van der Waals surface area (Å²) in [5.74, 6) is 0.523. The van der Waals surface area contributed by atoms with Crippen molar-refractivity contribution in [1.82, 2.24) is 20.1 Å². The van der Waals surface area contributed by atoms with Crippen LogP contribution in [0.2, 0.25) is 0 Å². The number of nitrogens with one attached hydrogen (secondary N) is 2. The first-order chi connectivity index (χ1) is 18.0. The Bertz CT molecular complexity index is 1400. The van der Waals surface area contributed by atoms with Crippen LogP contribution in [0.15, 0.2) is 84.5 Å². The van der Waals surface area contributed by atoms with Crippen LogP contribution in [0.5, 0.6) is 5.75 Å². The predicted octanol–water partition coefficient (Wildman–Crippen LogP) is 3.82. The summed E-state index contributed by atoms with van der Waals surface area (Å²) in [6, 6.07) is 19.4. The van der Waals surface area contributed by atoms with Crippen LogP contribution in [-0.4, -0.2) is 51.2 Å². The normalized spacial score (nSPS) is 11.6. The van der Waals surface area contributed by atoms with Gasteiger partial charge in [-0.05, 0) is 35.7 Å². The molecule has 0 radical (unpaired) electrons. The Labute approximate surface area is 218 Å². The first-order valence-electron chi connectivity index (χ1n) is 11.5. The van der Waals surface area contributed by atoms with Crippen LogP contribution in [0.1, 0.15) is 22.2 Å². The zero-order valence-electron chi connectivity index (χ0n) is 20.3. The van der Waals surface area contributed by atoms with Gasteiger partial charge in [0.15, 0.2) is 11.0 Å². The summed E-state index contributed by atoms with van der Waals surface area (Å²) in [5.41, 5.74) is 1.15. The maximum Gasteiger partial charge on any atom is 0.251 e. The number of thioether (sulfide) groups is 1. The molecular weight excluding hydrogens is 490 g/mol. The lowest BCUT2D eigenvalue weighted by molar-refractivity contribution is -0.113. The Morgan fingerprint density at radius 3 is 2.59 bits per heavy atom. The van der Waals surface area contributed by atoms with Crippen LogP contribution in [-0.2, 0) is 11.3 Å². The van der Waals surface area contributed by atoms with Gasteiger partial charge in [0.2, 0.25) is 5.91 Å². The molecule has 190 valence electrons. The highest BCUT2D eigenvalue weighted by Crippen LogP contribution is 2.25. The quantitative estimate of drug-likeness (QED) is 0.204. The van der Waals surface area contributed by atoms with Crippen molar-refractivity contribution < 1.29 is 19.4 Å². The first kappa shape index (κ1) is 25.9. The van der Waals surface area contributed by atoms with Gasteiger partial charge in [0.25, 0.3) is 5.91 Å². The van der Waals surface area contributed by atoms with Gasteiger partial charge in [-0.2, -0.15) is 0 Å². The summed E-state index contributed by atoms with van der Waals surface area (Å²) in [6.45, 7) is 3.73. The molecule has 0 aliphatic carbocycles. The topological polar surface area (TPSA) is 118 Å². The molecule has 1 atom stereocenters. The van der Waals surface area contributed by atoms with Crippen LogP contribution in [0, 0.1) is 0 Å². The highest BCUT2D eigenvalue weighted by Gasteiger charge is 2.23. The van der Waals surface area contributed by atoms with Crippen molar-refractivity contribution in [2.75, 3.05) is 24.8 Å². The van der Waals surface area contributed by atoms with E-state index in [1.165, 1.54) is 11.8 Å². The number of hydrogen-bond acceptors (Lipinski definition) is 7. The summed E-state index contributed by atoms with van der Waals surface area (Å²) >= 11 is 1.21. The van der Waals surface area contributed by atoms with E-state index in [0.717, 1.165) is 16.5 Å². The molecule has 1 heterocycles. The smallest absolute Gasteiger partial charge is 0.251 e. The van der Waals surface area contributed by atoms with Crippen LogP contribution >= 0.6 is 11.8 Å². The Morgan fingerprint density at radius 2 is 1.86 bits per heavy atom. The van der Waals surface area contributed by atoms with Crippen molar-refractivity contribution in [2.45, 2.75) is 17.7 Å². The van der Waals surface area contributed by atoms with Crippen molar-refractivity contribution in [3.8, 4) is 5.75 Å². The number of fused-ring (bicyclic) bond motifs is 1. The number of amides is 2. The minimum absolute atomic E-state index is 0.0977. The van der Waals surface area contributed by atoms with E-state index in [-0.39, 0.29) is 24.2 Å². The number of benzene rings is 3. The second kappa shape index (κ2) is 12.2. The third-order valence-corrected chi connectivity index (χ3v) is 6.57. The van der Waals surface area contributed by atoms with Crippen molar-refractivity contribution in [2.24, 2.45) is 0 Å². The van der Waals surface area contributed by atoms with E-state index in [1.807, 2.05) is 42.5 Å².